The summed E-state index contributed by atoms with van der Waals surface area (Å²) in [7, 11) is -3.69. The average molecular weight is 488 g/mol. The normalized spacial score (nSPS) is 11.7. The molecule has 0 spiro atoms. The first-order valence-corrected chi connectivity index (χ1v) is 13.1. The van der Waals surface area contributed by atoms with Gasteiger partial charge in [-0.05, 0) is 39.0 Å². The quantitative estimate of drug-likeness (QED) is 0.449. The molecule has 1 amide bonds. The Bertz CT molecular complexity index is 1220. The van der Waals surface area contributed by atoms with Gasteiger partial charge in [-0.25, -0.2) is 13.4 Å². The first-order valence-electron chi connectivity index (χ1n) is 10.8. The fraction of sp³-hybridized carbons (Fsp3) is 0.333. The highest BCUT2D eigenvalue weighted by Crippen LogP contribution is 2.32. The zero-order valence-corrected chi connectivity index (χ0v) is 21.1. The van der Waals surface area contributed by atoms with Crippen LogP contribution in [0.3, 0.4) is 0 Å². The molecule has 0 saturated carbocycles. The maximum absolute atomic E-state index is 13.2. The summed E-state index contributed by atoms with van der Waals surface area (Å²) in [5.74, 6) is 0.0421. The van der Waals surface area contributed by atoms with Gasteiger partial charge in [0.1, 0.15) is 15.6 Å². The number of hydrogen-bond donors (Lipinski definition) is 1. The second kappa shape index (κ2) is 10.5. The van der Waals surface area contributed by atoms with Gasteiger partial charge in [0.25, 0.3) is 5.91 Å². The molecule has 2 aromatic carbocycles. The van der Waals surface area contributed by atoms with Crippen molar-refractivity contribution in [1.82, 2.24) is 9.29 Å². The molecule has 1 aromatic heterocycles. The van der Waals surface area contributed by atoms with Crippen LogP contribution >= 0.6 is 11.3 Å². The predicted molar refractivity (Wildman–Crippen MR) is 133 cm³/mol. The zero-order chi connectivity index (χ0) is 24.2. The number of carbonyl (C=O) groups excluding carboxylic acids is 1. The number of anilines is 1. The van der Waals surface area contributed by atoms with Crippen LogP contribution < -0.4 is 10.1 Å². The third-order valence-corrected chi connectivity index (χ3v) is 8.18. The summed E-state index contributed by atoms with van der Waals surface area (Å²) in [6.07, 6.45) is -0.152. The van der Waals surface area contributed by atoms with Crippen molar-refractivity contribution in [3.8, 4) is 16.3 Å². The number of hydrogen-bond acceptors (Lipinski definition) is 6. The topological polar surface area (TPSA) is 88.6 Å². The lowest BCUT2D eigenvalue weighted by Crippen LogP contribution is -2.30. The molecule has 3 aromatic rings. The van der Waals surface area contributed by atoms with Gasteiger partial charge in [0.2, 0.25) is 10.0 Å². The third kappa shape index (κ3) is 5.61. The Kier molecular flexibility index (Phi) is 7.88. The lowest BCUT2D eigenvalue weighted by molar-refractivity contribution is 0.102. The van der Waals surface area contributed by atoms with Crippen molar-refractivity contribution in [2.24, 2.45) is 0 Å². The largest absolute Gasteiger partial charge is 0.489 e. The molecule has 0 saturated heterocycles. The lowest BCUT2D eigenvalue weighted by atomic mass is 10.2. The van der Waals surface area contributed by atoms with Crippen molar-refractivity contribution in [2.75, 3.05) is 18.4 Å². The minimum atomic E-state index is -3.69. The fourth-order valence-electron chi connectivity index (χ4n) is 3.33. The number of carbonyl (C=O) groups is 1. The van der Waals surface area contributed by atoms with Gasteiger partial charge in [-0.1, -0.05) is 44.2 Å². The Morgan fingerprint density at radius 3 is 2.39 bits per heavy atom. The second-order valence-electron chi connectivity index (χ2n) is 7.67. The maximum Gasteiger partial charge on any atom is 0.267 e. The van der Waals surface area contributed by atoms with E-state index in [1.807, 2.05) is 44.2 Å². The van der Waals surface area contributed by atoms with E-state index < -0.39 is 10.0 Å². The van der Waals surface area contributed by atoms with E-state index in [0.717, 1.165) is 10.6 Å². The Morgan fingerprint density at radius 2 is 1.79 bits per heavy atom. The molecule has 0 aliphatic carbocycles. The summed E-state index contributed by atoms with van der Waals surface area (Å²) in [5.41, 5.74) is 1.84. The summed E-state index contributed by atoms with van der Waals surface area (Å²) >= 11 is 1.29. The smallest absolute Gasteiger partial charge is 0.267 e. The summed E-state index contributed by atoms with van der Waals surface area (Å²) < 4.78 is 33.2. The molecule has 0 unspecified atom stereocenters. The summed E-state index contributed by atoms with van der Waals surface area (Å²) in [4.78, 5) is 18.3. The number of sulfonamides is 1. The molecular weight excluding hydrogens is 458 g/mol. The second-order valence-corrected chi connectivity index (χ2v) is 10.6. The monoisotopic (exact) mass is 487 g/mol. The van der Waals surface area contributed by atoms with Crippen molar-refractivity contribution in [1.29, 1.82) is 0 Å². The van der Waals surface area contributed by atoms with E-state index in [0.29, 0.717) is 35.1 Å². The van der Waals surface area contributed by atoms with E-state index >= 15 is 0 Å². The van der Waals surface area contributed by atoms with E-state index in [4.69, 9.17) is 4.74 Å². The predicted octanol–water partition coefficient (Wildman–Crippen LogP) is 5.19. The number of thiazole rings is 1. The van der Waals surface area contributed by atoms with Crippen molar-refractivity contribution >= 4 is 33.0 Å². The first kappa shape index (κ1) is 24.9. The number of nitrogens with one attached hydrogen (secondary N) is 1. The number of benzene rings is 2. The van der Waals surface area contributed by atoms with Crippen LogP contribution in [0.1, 0.15) is 43.1 Å². The van der Waals surface area contributed by atoms with Crippen LogP contribution in [-0.4, -0.2) is 42.8 Å². The van der Waals surface area contributed by atoms with Gasteiger partial charge in [0.05, 0.1) is 22.4 Å². The van der Waals surface area contributed by atoms with Gasteiger partial charge < -0.3 is 10.1 Å². The fourth-order valence-corrected chi connectivity index (χ4v) is 5.78. The van der Waals surface area contributed by atoms with E-state index in [9.17, 15) is 13.2 Å². The maximum atomic E-state index is 13.2. The van der Waals surface area contributed by atoms with Crippen LogP contribution in [0.4, 0.5) is 5.69 Å². The van der Waals surface area contributed by atoms with Gasteiger partial charge in [-0.15, -0.1) is 11.3 Å². The van der Waals surface area contributed by atoms with Gasteiger partial charge >= 0.3 is 0 Å². The molecule has 1 heterocycles. The number of nitrogens with zero attached hydrogens (tertiary/aromatic N) is 2. The molecule has 0 bridgehead atoms. The molecule has 9 heteroatoms. The highest BCUT2D eigenvalue weighted by Gasteiger charge is 2.24. The third-order valence-electron chi connectivity index (χ3n) is 4.93. The van der Waals surface area contributed by atoms with Crippen molar-refractivity contribution in [3.63, 3.8) is 0 Å². The molecule has 0 fully saturated rings. The Hall–Kier alpha value is -2.75. The lowest BCUT2D eigenvalue weighted by Gasteiger charge is -2.20. The minimum Gasteiger partial charge on any atom is -0.489 e. The molecule has 0 aliphatic rings. The van der Waals surface area contributed by atoms with Crippen molar-refractivity contribution in [3.05, 3.63) is 59.1 Å². The van der Waals surface area contributed by atoms with Crippen LogP contribution in [0.5, 0.6) is 5.75 Å². The SMILES string of the molecule is CCN(CC)S(=O)(=O)c1ccc(OC(C)C)c(NC(=O)c2sc(-c3ccccc3)nc2C)c1. The Balaban J connectivity index is 1.97. The van der Waals surface area contributed by atoms with Crippen LogP contribution in [-0.2, 0) is 10.0 Å². The highest BCUT2D eigenvalue weighted by molar-refractivity contribution is 7.89. The Morgan fingerprint density at radius 1 is 1.12 bits per heavy atom. The molecule has 7 nitrogen and oxygen atoms in total. The van der Waals surface area contributed by atoms with E-state index in [1.54, 1.807) is 26.8 Å². The highest BCUT2D eigenvalue weighted by atomic mass is 32.2. The van der Waals surface area contributed by atoms with E-state index in [-0.39, 0.29) is 16.9 Å². The molecule has 33 heavy (non-hydrogen) atoms. The van der Waals surface area contributed by atoms with Gasteiger partial charge in [0, 0.05) is 18.7 Å². The van der Waals surface area contributed by atoms with Crippen LogP contribution in [0.15, 0.2) is 53.4 Å². The molecule has 176 valence electrons. The van der Waals surface area contributed by atoms with Crippen LogP contribution in [0.25, 0.3) is 10.6 Å². The average Bonchev–Trinajstić information content (AvgIpc) is 3.17. The summed E-state index contributed by atoms with van der Waals surface area (Å²) in [6, 6.07) is 14.2. The van der Waals surface area contributed by atoms with Crippen LogP contribution in [0, 0.1) is 6.92 Å². The number of rotatable bonds is 9. The number of ether oxygens (including phenoxy) is 1. The molecule has 1 N–H and O–H groups in total. The van der Waals surface area contributed by atoms with Crippen LogP contribution in [0.2, 0.25) is 0 Å². The molecule has 3 rings (SSSR count). The van der Waals surface area contributed by atoms with Crippen molar-refractivity contribution < 1.29 is 17.9 Å². The molecular formula is C24H29N3O4S2. The molecule has 0 atom stereocenters. The van der Waals surface area contributed by atoms with Gasteiger partial charge in [0.15, 0.2) is 0 Å². The standard InChI is InChI=1S/C24H29N3O4S2/c1-6-27(7-2)33(29,30)19-13-14-21(31-16(3)4)20(15-19)26-23(28)22-17(5)25-24(32-22)18-11-9-8-10-12-18/h8-16H,6-7H2,1-5H3,(H,26,28). The van der Waals surface area contributed by atoms with Gasteiger partial charge in [-0.2, -0.15) is 4.31 Å². The first-order chi connectivity index (χ1) is 15.7. The summed E-state index contributed by atoms with van der Waals surface area (Å²) in [6.45, 7) is 9.80. The Labute approximate surface area is 199 Å². The van der Waals surface area contributed by atoms with Crippen molar-refractivity contribution in [2.45, 2.75) is 45.6 Å². The molecule has 0 aliphatic heterocycles. The number of aromatic nitrogens is 1. The van der Waals surface area contributed by atoms with Gasteiger partial charge in [-0.3, -0.25) is 4.79 Å². The zero-order valence-electron chi connectivity index (χ0n) is 19.5. The number of amides is 1. The summed E-state index contributed by atoms with van der Waals surface area (Å²) in [5, 5.41) is 3.59. The minimum absolute atomic E-state index is 0.101. The number of aryl methyl sites for hydroxylation is 1. The van der Waals surface area contributed by atoms with E-state index in [2.05, 4.69) is 10.3 Å². The molecule has 0 radical (unpaired) electrons. The van der Waals surface area contributed by atoms with E-state index in [1.165, 1.54) is 27.8 Å².